The molecule has 3 nitrogen and oxygen atoms in total. The van der Waals surface area contributed by atoms with Crippen LogP contribution < -0.4 is 10.5 Å². The maximum atomic E-state index is 10.8. The van der Waals surface area contributed by atoms with E-state index in [0.29, 0.717) is 13.0 Å². The van der Waals surface area contributed by atoms with Crippen LogP contribution in [-0.4, -0.2) is 12.5 Å². The molecule has 1 atom stereocenters. The standard InChI is InChI=1S/C12H17NO2/c1-3-15-11-6-4-5-10(8-11)9(2)7-12(13)14/h4-6,8-9H,3,7H2,1-2H3,(H2,13,14). The summed E-state index contributed by atoms with van der Waals surface area (Å²) in [6.45, 7) is 4.57. The molecule has 3 heteroatoms. The molecule has 0 saturated carbocycles. The summed E-state index contributed by atoms with van der Waals surface area (Å²) < 4.78 is 5.39. The van der Waals surface area contributed by atoms with Crippen LogP contribution in [-0.2, 0) is 4.79 Å². The molecule has 15 heavy (non-hydrogen) atoms. The van der Waals surface area contributed by atoms with E-state index in [0.717, 1.165) is 11.3 Å². The molecule has 0 aliphatic carbocycles. The number of amides is 1. The Labute approximate surface area is 90.2 Å². The Balaban J connectivity index is 2.75. The van der Waals surface area contributed by atoms with Crippen LogP contribution in [0.2, 0.25) is 0 Å². The van der Waals surface area contributed by atoms with Crippen LogP contribution in [0.1, 0.15) is 31.7 Å². The number of hydrogen-bond acceptors (Lipinski definition) is 2. The molecule has 0 fully saturated rings. The van der Waals surface area contributed by atoms with Gasteiger partial charge in [0.2, 0.25) is 5.91 Å². The summed E-state index contributed by atoms with van der Waals surface area (Å²) in [5.41, 5.74) is 6.24. The molecular formula is C12H17NO2. The predicted octanol–water partition coefficient (Wildman–Crippen LogP) is 2.06. The molecule has 0 spiro atoms. The van der Waals surface area contributed by atoms with Gasteiger partial charge in [-0.3, -0.25) is 4.79 Å². The molecule has 1 aromatic rings. The van der Waals surface area contributed by atoms with E-state index in [-0.39, 0.29) is 11.8 Å². The number of hydrogen-bond donors (Lipinski definition) is 1. The first-order chi connectivity index (χ1) is 7.13. The molecule has 0 aliphatic rings. The molecule has 1 aromatic carbocycles. The van der Waals surface area contributed by atoms with E-state index in [1.54, 1.807) is 0 Å². The van der Waals surface area contributed by atoms with Gasteiger partial charge in [-0.15, -0.1) is 0 Å². The number of benzene rings is 1. The zero-order valence-electron chi connectivity index (χ0n) is 9.19. The van der Waals surface area contributed by atoms with E-state index in [1.165, 1.54) is 0 Å². The van der Waals surface area contributed by atoms with Crippen LogP contribution in [0.15, 0.2) is 24.3 Å². The lowest BCUT2D eigenvalue weighted by atomic mass is 9.97. The lowest BCUT2D eigenvalue weighted by molar-refractivity contribution is -0.118. The van der Waals surface area contributed by atoms with Gasteiger partial charge in [0.15, 0.2) is 0 Å². The van der Waals surface area contributed by atoms with Gasteiger partial charge in [0.05, 0.1) is 6.61 Å². The van der Waals surface area contributed by atoms with Crippen LogP contribution in [0.3, 0.4) is 0 Å². The van der Waals surface area contributed by atoms with Gasteiger partial charge in [-0.05, 0) is 30.5 Å². The van der Waals surface area contributed by atoms with Gasteiger partial charge < -0.3 is 10.5 Å². The van der Waals surface area contributed by atoms with Gasteiger partial charge in [0.25, 0.3) is 0 Å². The third kappa shape index (κ3) is 3.62. The summed E-state index contributed by atoms with van der Waals surface area (Å²) in [4.78, 5) is 10.8. The maximum Gasteiger partial charge on any atom is 0.218 e. The first kappa shape index (κ1) is 11.6. The number of rotatable bonds is 5. The van der Waals surface area contributed by atoms with Gasteiger partial charge in [-0.2, -0.15) is 0 Å². The molecule has 0 bridgehead atoms. The Morgan fingerprint density at radius 1 is 1.53 bits per heavy atom. The quantitative estimate of drug-likeness (QED) is 0.803. The van der Waals surface area contributed by atoms with Crippen molar-refractivity contribution < 1.29 is 9.53 Å². The van der Waals surface area contributed by atoms with Crippen molar-refractivity contribution in [2.75, 3.05) is 6.61 Å². The highest BCUT2D eigenvalue weighted by atomic mass is 16.5. The minimum Gasteiger partial charge on any atom is -0.494 e. The largest absolute Gasteiger partial charge is 0.494 e. The summed E-state index contributed by atoms with van der Waals surface area (Å²) in [6.07, 6.45) is 0.371. The smallest absolute Gasteiger partial charge is 0.218 e. The number of carbonyl (C=O) groups excluding carboxylic acids is 1. The first-order valence-corrected chi connectivity index (χ1v) is 5.14. The van der Waals surface area contributed by atoms with E-state index >= 15 is 0 Å². The van der Waals surface area contributed by atoms with E-state index in [1.807, 2.05) is 38.1 Å². The SMILES string of the molecule is CCOc1cccc(C(C)CC(N)=O)c1. The third-order valence-electron chi connectivity index (χ3n) is 2.25. The van der Waals surface area contributed by atoms with Gasteiger partial charge in [0, 0.05) is 6.42 Å². The lowest BCUT2D eigenvalue weighted by Crippen LogP contribution is -2.13. The molecule has 2 N–H and O–H groups in total. The molecule has 0 radical (unpaired) electrons. The number of ether oxygens (including phenoxy) is 1. The topological polar surface area (TPSA) is 52.3 Å². The summed E-state index contributed by atoms with van der Waals surface area (Å²) in [5, 5.41) is 0. The summed E-state index contributed by atoms with van der Waals surface area (Å²) in [5.74, 6) is 0.707. The van der Waals surface area contributed by atoms with Gasteiger partial charge in [-0.25, -0.2) is 0 Å². The number of carbonyl (C=O) groups is 1. The van der Waals surface area contributed by atoms with Crippen molar-refractivity contribution in [3.63, 3.8) is 0 Å². The van der Waals surface area contributed by atoms with Crippen LogP contribution in [0.4, 0.5) is 0 Å². The first-order valence-electron chi connectivity index (χ1n) is 5.14. The van der Waals surface area contributed by atoms with E-state index in [4.69, 9.17) is 10.5 Å². The number of primary amides is 1. The fourth-order valence-corrected chi connectivity index (χ4v) is 1.50. The minimum absolute atomic E-state index is 0.142. The molecule has 82 valence electrons. The van der Waals surface area contributed by atoms with Crippen molar-refractivity contribution in [2.45, 2.75) is 26.2 Å². The highest BCUT2D eigenvalue weighted by Crippen LogP contribution is 2.22. The van der Waals surface area contributed by atoms with Crippen molar-refractivity contribution in [1.29, 1.82) is 0 Å². The van der Waals surface area contributed by atoms with Crippen LogP contribution >= 0.6 is 0 Å². The van der Waals surface area contributed by atoms with Crippen LogP contribution in [0, 0.1) is 0 Å². The monoisotopic (exact) mass is 207 g/mol. The van der Waals surface area contributed by atoms with E-state index in [2.05, 4.69) is 0 Å². The highest BCUT2D eigenvalue weighted by molar-refractivity contribution is 5.74. The second-order valence-corrected chi connectivity index (χ2v) is 3.58. The van der Waals surface area contributed by atoms with Crippen molar-refractivity contribution in [3.05, 3.63) is 29.8 Å². The molecular weight excluding hydrogens is 190 g/mol. The average molecular weight is 207 g/mol. The van der Waals surface area contributed by atoms with E-state index in [9.17, 15) is 4.79 Å². The van der Waals surface area contributed by atoms with E-state index < -0.39 is 0 Å². The zero-order chi connectivity index (χ0) is 11.3. The van der Waals surface area contributed by atoms with Crippen molar-refractivity contribution in [2.24, 2.45) is 5.73 Å². The van der Waals surface area contributed by atoms with Crippen LogP contribution in [0.25, 0.3) is 0 Å². The van der Waals surface area contributed by atoms with Gasteiger partial charge >= 0.3 is 0 Å². The highest BCUT2D eigenvalue weighted by Gasteiger charge is 2.09. The molecule has 1 amide bonds. The van der Waals surface area contributed by atoms with Crippen molar-refractivity contribution >= 4 is 5.91 Å². The fourth-order valence-electron chi connectivity index (χ4n) is 1.50. The Kier molecular flexibility index (Phi) is 4.16. The summed E-state index contributed by atoms with van der Waals surface area (Å²) >= 11 is 0. The average Bonchev–Trinajstić information content (AvgIpc) is 2.17. The molecule has 0 aliphatic heterocycles. The van der Waals surface area contributed by atoms with Crippen LogP contribution in [0.5, 0.6) is 5.75 Å². The predicted molar refractivity (Wildman–Crippen MR) is 59.8 cm³/mol. The molecule has 0 heterocycles. The maximum absolute atomic E-state index is 10.8. The fraction of sp³-hybridized carbons (Fsp3) is 0.417. The zero-order valence-corrected chi connectivity index (χ0v) is 9.19. The third-order valence-corrected chi connectivity index (χ3v) is 2.25. The lowest BCUT2D eigenvalue weighted by Gasteiger charge is -2.11. The molecule has 0 aromatic heterocycles. The van der Waals surface area contributed by atoms with Crippen molar-refractivity contribution in [3.8, 4) is 5.75 Å². The normalized spacial score (nSPS) is 12.1. The second-order valence-electron chi connectivity index (χ2n) is 3.58. The second kappa shape index (κ2) is 5.39. The summed E-state index contributed by atoms with van der Waals surface area (Å²) in [7, 11) is 0. The molecule has 0 saturated heterocycles. The minimum atomic E-state index is -0.274. The Morgan fingerprint density at radius 2 is 2.27 bits per heavy atom. The van der Waals surface area contributed by atoms with Gasteiger partial charge in [-0.1, -0.05) is 19.1 Å². The Hall–Kier alpha value is -1.51. The Morgan fingerprint density at radius 3 is 2.87 bits per heavy atom. The van der Waals surface area contributed by atoms with Gasteiger partial charge in [0.1, 0.15) is 5.75 Å². The molecule has 1 rings (SSSR count). The number of nitrogens with two attached hydrogens (primary N) is 1. The summed E-state index contributed by atoms with van der Waals surface area (Å²) in [6, 6.07) is 7.77. The molecule has 1 unspecified atom stereocenters. The van der Waals surface area contributed by atoms with Crippen molar-refractivity contribution in [1.82, 2.24) is 0 Å². The Bertz CT molecular complexity index is 336.